The van der Waals surface area contributed by atoms with Crippen LogP contribution in [0.25, 0.3) is 55.0 Å². The molecular formula is C66H50BN3O. The van der Waals surface area contributed by atoms with Gasteiger partial charge in [0.25, 0.3) is 6.71 Å². The number of nitrogens with zero attached hydrogens (tertiary/aromatic N) is 3. The third-order valence-corrected chi connectivity index (χ3v) is 17.1. The van der Waals surface area contributed by atoms with Crippen molar-refractivity contribution in [3.63, 3.8) is 0 Å². The summed E-state index contributed by atoms with van der Waals surface area (Å²) in [6, 6.07) is 81.1. The molecule has 10 aromatic carbocycles. The maximum Gasteiger partial charge on any atom is 0.252 e. The summed E-state index contributed by atoms with van der Waals surface area (Å²) in [6.07, 6.45) is 4.82. The van der Waals surface area contributed by atoms with E-state index in [0.29, 0.717) is 0 Å². The van der Waals surface area contributed by atoms with E-state index in [2.05, 4.69) is 247 Å². The van der Waals surface area contributed by atoms with Gasteiger partial charge < -0.3 is 19.1 Å². The van der Waals surface area contributed by atoms with Gasteiger partial charge in [-0.05, 0) is 148 Å². The van der Waals surface area contributed by atoms with Crippen LogP contribution in [0.4, 0.5) is 45.5 Å². The van der Waals surface area contributed by atoms with E-state index in [1.807, 2.05) is 0 Å². The lowest BCUT2D eigenvalue weighted by Crippen LogP contribution is -2.64. The molecule has 1 saturated carbocycles. The molecule has 0 N–H and O–H groups in total. The van der Waals surface area contributed by atoms with Crippen molar-refractivity contribution >= 4 is 101 Å². The van der Waals surface area contributed by atoms with Gasteiger partial charge in [0.2, 0.25) is 0 Å². The van der Waals surface area contributed by atoms with E-state index in [4.69, 9.17) is 4.42 Å². The summed E-state index contributed by atoms with van der Waals surface area (Å²) in [5, 5.41) is 4.66. The third-order valence-electron chi connectivity index (χ3n) is 17.1. The predicted molar refractivity (Wildman–Crippen MR) is 299 cm³/mol. The number of furan rings is 1. The maximum absolute atomic E-state index is 6.62. The summed E-state index contributed by atoms with van der Waals surface area (Å²) in [5.41, 5.74) is 21.8. The van der Waals surface area contributed by atoms with E-state index >= 15 is 0 Å². The van der Waals surface area contributed by atoms with Crippen LogP contribution in [0.1, 0.15) is 45.1 Å². The van der Waals surface area contributed by atoms with Crippen molar-refractivity contribution in [3.8, 4) is 22.3 Å². The van der Waals surface area contributed by atoms with Crippen LogP contribution >= 0.6 is 0 Å². The van der Waals surface area contributed by atoms with Crippen molar-refractivity contribution in [2.75, 3.05) is 14.7 Å². The van der Waals surface area contributed by atoms with Gasteiger partial charge in [0, 0.05) is 50.6 Å². The smallest absolute Gasteiger partial charge is 0.252 e. The Bertz CT molecular complexity index is 3970. The summed E-state index contributed by atoms with van der Waals surface area (Å²) in [5.74, 6) is 0. The summed E-state index contributed by atoms with van der Waals surface area (Å²) < 4.78 is 6.62. The third kappa shape index (κ3) is 5.69. The summed E-state index contributed by atoms with van der Waals surface area (Å²) in [7, 11) is 0. The minimum absolute atomic E-state index is 0.00983. The number of fused-ring (bicyclic) bond motifs is 11. The summed E-state index contributed by atoms with van der Waals surface area (Å²) >= 11 is 0. The molecule has 71 heavy (non-hydrogen) atoms. The lowest BCUT2D eigenvalue weighted by Gasteiger charge is -2.52. The second kappa shape index (κ2) is 15.1. The molecule has 3 aliphatic heterocycles. The van der Waals surface area contributed by atoms with Gasteiger partial charge in [-0.3, -0.25) is 0 Å². The van der Waals surface area contributed by atoms with Crippen LogP contribution in [0, 0.1) is 0 Å². The normalized spacial score (nSPS) is 18.4. The van der Waals surface area contributed by atoms with Gasteiger partial charge in [0.1, 0.15) is 11.2 Å². The Labute approximate surface area is 415 Å². The maximum atomic E-state index is 6.62. The molecular weight excluding hydrogens is 862 g/mol. The van der Waals surface area contributed by atoms with E-state index < -0.39 is 0 Å². The van der Waals surface area contributed by atoms with Gasteiger partial charge in [-0.25, -0.2) is 0 Å². The molecule has 1 aromatic heterocycles. The quantitative estimate of drug-likeness (QED) is 0.155. The van der Waals surface area contributed by atoms with E-state index in [-0.39, 0.29) is 17.7 Å². The molecule has 0 saturated heterocycles. The average Bonchev–Trinajstić information content (AvgIpc) is 3.92. The molecule has 11 aromatic rings. The second-order valence-corrected chi connectivity index (χ2v) is 20.7. The van der Waals surface area contributed by atoms with Gasteiger partial charge in [0.15, 0.2) is 0 Å². The number of para-hydroxylation sites is 2. The zero-order valence-corrected chi connectivity index (χ0v) is 39.9. The molecule has 338 valence electrons. The van der Waals surface area contributed by atoms with Crippen LogP contribution in [-0.4, -0.2) is 12.3 Å². The van der Waals surface area contributed by atoms with E-state index in [0.717, 1.165) is 51.1 Å². The molecule has 1 fully saturated rings. The zero-order valence-electron chi connectivity index (χ0n) is 39.9. The van der Waals surface area contributed by atoms with E-state index in [9.17, 15) is 0 Å². The highest BCUT2D eigenvalue weighted by atomic mass is 16.3. The van der Waals surface area contributed by atoms with Gasteiger partial charge >= 0.3 is 0 Å². The zero-order chi connectivity index (χ0) is 47.0. The highest BCUT2D eigenvalue weighted by Crippen LogP contribution is 2.62. The lowest BCUT2D eigenvalue weighted by molar-refractivity contribution is 0.195. The SMILES string of the molecule is CC12CCCCC1(C)N1c3cccc4c3B(c3ccc(N(c5cccc(-c6cccc7ccccc67)c5)c5cccc6oc7ccccc7c56)cc3N4c3ccccc3)c3cc(-c4ccccc4)cc2c31. The van der Waals surface area contributed by atoms with Crippen molar-refractivity contribution < 1.29 is 4.42 Å². The van der Waals surface area contributed by atoms with Crippen LogP contribution in [0.5, 0.6) is 0 Å². The number of hydrogen-bond donors (Lipinski definition) is 0. The monoisotopic (exact) mass is 911 g/mol. The number of rotatable bonds is 6. The molecule has 0 spiro atoms. The topological polar surface area (TPSA) is 22.9 Å². The fraction of sp³-hybridized carbons (Fsp3) is 0.121. The molecule has 1 aliphatic carbocycles. The molecule has 2 atom stereocenters. The highest BCUT2D eigenvalue weighted by Gasteiger charge is 2.61. The first-order valence-electron chi connectivity index (χ1n) is 25.4. The standard InChI is InChI=1S/C66H50BN3O/c1-65-37-13-14-38-66(65,2)70-58-32-17-31-57-63(58)67(55-41-46(40-53(65)64(55)70)43-19-5-3-6-20-43)54-36-35-49(42-59(54)69(57)47-24-7-4-8-25-47)68(56-30-18-34-61-62(56)52-28-11-12-33-60(52)71-61)48-26-15-23-45(39-48)51-29-16-22-44-21-9-10-27-50(44)51/h3-12,15-36,39-42H,13-14,37-38H2,1-2H3. The second-order valence-electron chi connectivity index (χ2n) is 20.7. The van der Waals surface area contributed by atoms with Crippen molar-refractivity contribution in [1.29, 1.82) is 0 Å². The van der Waals surface area contributed by atoms with Gasteiger partial charge in [-0.1, -0.05) is 165 Å². The lowest BCUT2D eigenvalue weighted by atomic mass is 9.33. The first-order chi connectivity index (χ1) is 35.0. The Morgan fingerprint density at radius 2 is 1.20 bits per heavy atom. The fourth-order valence-corrected chi connectivity index (χ4v) is 13.7. The number of benzene rings is 10. The minimum Gasteiger partial charge on any atom is -0.456 e. The first kappa shape index (κ1) is 40.6. The van der Waals surface area contributed by atoms with Gasteiger partial charge in [-0.15, -0.1) is 0 Å². The Kier molecular flexibility index (Phi) is 8.64. The molecule has 15 rings (SSSR count). The van der Waals surface area contributed by atoms with Crippen LogP contribution in [-0.2, 0) is 5.41 Å². The van der Waals surface area contributed by atoms with E-state index in [1.54, 1.807) is 0 Å². The molecule has 0 bridgehead atoms. The average molecular weight is 912 g/mol. The molecule has 0 amide bonds. The van der Waals surface area contributed by atoms with Crippen LogP contribution < -0.4 is 31.1 Å². The fourth-order valence-electron chi connectivity index (χ4n) is 13.7. The number of anilines is 8. The summed E-state index contributed by atoms with van der Waals surface area (Å²) in [4.78, 5) is 7.85. The van der Waals surface area contributed by atoms with Crippen molar-refractivity contribution in [3.05, 3.63) is 224 Å². The van der Waals surface area contributed by atoms with Crippen LogP contribution in [0.2, 0.25) is 0 Å². The van der Waals surface area contributed by atoms with Crippen molar-refractivity contribution in [1.82, 2.24) is 0 Å². The predicted octanol–water partition coefficient (Wildman–Crippen LogP) is 15.9. The molecule has 5 heteroatoms. The molecule has 0 radical (unpaired) electrons. The first-order valence-corrected chi connectivity index (χ1v) is 25.4. The van der Waals surface area contributed by atoms with Gasteiger partial charge in [0.05, 0.1) is 16.6 Å². The largest absolute Gasteiger partial charge is 0.456 e. The summed E-state index contributed by atoms with van der Waals surface area (Å²) in [6.45, 7) is 5.16. The van der Waals surface area contributed by atoms with Crippen LogP contribution in [0.15, 0.2) is 223 Å². The molecule has 4 aliphatic rings. The Morgan fingerprint density at radius 3 is 2.08 bits per heavy atom. The molecule has 4 heterocycles. The Morgan fingerprint density at radius 1 is 0.507 bits per heavy atom. The van der Waals surface area contributed by atoms with Gasteiger partial charge in [-0.2, -0.15) is 0 Å². The van der Waals surface area contributed by atoms with Crippen molar-refractivity contribution in [2.24, 2.45) is 0 Å². The Balaban J connectivity index is 1.01. The minimum atomic E-state index is -0.0706. The number of hydrogen-bond acceptors (Lipinski definition) is 4. The Hall–Kier alpha value is -8.28. The van der Waals surface area contributed by atoms with Crippen molar-refractivity contribution in [2.45, 2.75) is 50.5 Å². The van der Waals surface area contributed by atoms with Crippen LogP contribution in [0.3, 0.4) is 0 Å². The van der Waals surface area contributed by atoms with E-state index in [1.165, 1.54) is 97.0 Å². The highest BCUT2D eigenvalue weighted by molar-refractivity contribution is 7.00. The molecule has 2 unspecified atom stereocenters. The molecule has 4 nitrogen and oxygen atoms in total.